The van der Waals surface area contributed by atoms with Gasteiger partial charge in [0, 0.05) is 25.7 Å². The molecule has 0 spiro atoms. The van der Waals surface area contributed by atoms with Gasteiger partial charge in [-0.2, -0.15) is 9.30 Å². The van der Waals surface area contributed by atoms with Crippen LogP contribution in [0.15, 0.2) is 46.3 Å². The molecule has 32 heavy (non-hydrogen) atoms. The number of hydrogen-bond donors (Lipinski definition) is 0. The Morgan fingerprint density at radius 2 is 1.84 bits per heavy atom. The quantitative estimate of drug-likeness (QED) is 0.491. The summed E-state index contributed by atoms with van der Waals surface area (Å²) in [6.45, 7) is 6.74. The van der Waals surface area contributed by atoms with Crippen molar-refractivity contribution in [3.63, 3.8) is 0 Å². The second kappa shape index (κ2) is 9.97. The molecule has 0 fully saturated rings. The van der Waals surface area contributed by atoms with Crippen molar-refractivity contribution in [1.29, 1.82) is 0 Å². The average Bonchev–Trinajstić information content (AvgIpc) is 3.11. The Hall–Kier alpha value is -2.49. The Morgan fingerprint density at radius 1 is 1.16 bits per heavy atom. The van der Waals surface area contributed by atoms with E-state index >= 15 is 0 Å². The number of rotatable bonds is 8. The summed E-state index contributed by atoms with van der Waals surface area (Å²) in [4.78, 5) is 17.8. The summed E-state index contributed by atoms with van der Waals surface area (Å²) < 4.78 is 35.5. The smallest absolute Gasteiger partial charge is 0.279 e. The summed E-state index contributed by atoms with van der Waals surface area (Å²) in [5.41, 5.74) is 2.30. The molecule has 0 saturated carbocycles. The fourth-order valence-electron chi connectivity index (χ4n) is 3.47. The van der Waals surface area contributed by atoms with Crippen LogP contribution in [0.1, 0.15) is 42.6 Å². The highest BCUT2D eigenvalue weighted by molar-refractivity contribution is 7.89. The fourth-order valence-corrected chi connectivity index (χ4v) is 6.06. The van der Waals surface area contributed by atoms with Gasteiger partial charge in [-0.1, -0.05) is 37.7 Å². The van der Waals surface area contributed by atoms with E-state index in [1.54, 1.807) is 7.11 Å². The minimum absolute atomic E-state index is 0.180. The van der Waals surface area contributed by atoms with Gasteiger partial charge >= 0.3 is 0 Å². The van der Waals surface area contributed by atoms with Crippen molar-refractivity contribution in [2.24, 2.45) is 12.0 Å². The number of thiazole rings is 1. The number of aromatic nitrogens is 1. The number of carbonyl (C=O) groups is 1. The van der Waals surface area contributed by atoms with Gasteiger partial charge in [0.15, 0.2) is 4.80 Å². The number of hydrogen-bond acceptors (Lipinski definition) is 5. The van der Waals surface area contributed by atoms with Crippen LogP contribution in [-0.4, -0.2) is 43.4 Å². The molecule has 0 atom stereocenters. The van der Waals surface area contributed by atoms with Gasteiger partial charge in [-0.3, -0.25) is 4.79 Å². The van der Waals surface area contributed by atoms with E-state index < -0.39 is 15.9 Å². The summed E-state index contributed by atoms with van der Waals surface area (Å²) >= 11 is 1.42. The molecular weight excluding hydrogens is 446 g/mol. The molecule has 0 bridgehead atoms. The molecular formula is C23H29N3O4S2. The molecule has 0 saturated heterocycles. The lowest BCUT2D eigenvalue weighted by molar-refractivity contribution is 0.0998. The molecule has 9 heteroatoms. The number of aryl methyl sites for hydroxylation is 2. The lowest BCUT2D eigenvalue weighted by atomic mass is 10.2. The van der Waals surface area contributed by atoms with E-state index in [4.69, 9.17) is 4.74 Å². The van der Waals surface area contributed by atoms with Crippen LogP contribution in [0.5, 0.6) is 5.75 Å². The molecule has 172 valence electrons. The zero-order valence-electron chi connectivity index (χ0n) is 19.1. The minimum Gasteiger partial charge on any atom is -0.495 e. The lowest BCUT2D eigenvalue weighted by Gasteiger charge is -2.20. The number of unbranched alkanes of at least 4 members (excludes halogenated alkanes) is 1. The molecule has 0 N–H and O–H groups in total. The molecule has 1 heterocycles. The van der Waals surface area contributed by atoms with Gasteiger partial charge in [0.25, 0.3) is 5.91 Å². The highest BCUT2D eigenvalue weighted by Crippen LogP contribution is 2.29. The average molecular weight is 476 g/mol. The number of fused-ring (bicyclic) bond motifs is 1. The topological polar surface area (TPSA) is 81.0 Å². The molecule has 1 aromatic heterocycles. The first-order valence-electron chi connectivity index (χ1n) is 10.6. The van der Waals surface area contributed by atoms with Gasteiger partial charge < -0.3 is 9.30 Å². The van der Waals surface area contributed by atoms with Crippen LogP contribution in [-0.2, 0) is 17.1 Å². The van der Waals surface area contributed by atoms with Gasteiger partial charge in [0.1, 0.15) is 11.3 Å². The third-order valence-electron chi connectivity index (χ3n) is 5.38. The van der Waals surface area contributed by atoms with Crippen LogP contribution >= 0.6 is 11.3 Å². The van der Waals surface area contributed by atoms with Crippen molar-refractivity contribution in [2.75, 3.05) is 20.2 Å². The van der Waals surface area contributed by atoms with E-state index in [1.165, 1.54) is 39.9 Å². The molecule has 3 rings (SSSR count). The number of amides is 1. The van der Waals surface area contributed by atoms with Crippen molar-refractivity contribution in [1.82, 2.24) is 8.87 Å². The highest BCUT2D eigenvalue weighted by Gasteiger charge is 2.22. The first kappa shape index (κ1) is 24.2. The van der Waals surface area contributed by atoms with Gasteiger partial charge in [-0.25, -0.2) is 8.42 Å². The van der Waals surface area contributed by atoms with E-state index in [0.29, 0.717) is 23.5 Å². The second-order valence-corrected chi connectivity index (χ2v) is 10.4. The van der Waals surface area contributed by atoms with Gasteiger partial charge in [0.05, 0.1) is 16.7 Å². The molecule has 0 aliphatic carbocycles. The maximum atomic E-state index is 12.9. The summed E-state index contributed by atoms with van der Waals surface area (Å²) in [5, 5.41) is 0. The molecule has 0 radical (unpaired) electrons. The molecule has 7 nitrogen and oxygen atoms in total. The monoisotopic (exact) mass is 475 g/mol. The minimum atomic E-state index is -3.59. The molecule has 2 aromatic carbocycles. The number of sulfonamides is 1. The summed E-state index contributed by atoms with van der Waals surface area (Å²) in [6.07, 6.45) is 1.72. The largest absolute Gasteiger partial charge is 0.495 e. The molecule has 0 unspecified atom stereocenters. The third-order valence-corrected chi connectivity index (χ3v) is 8.63. The zero-order chi connectivity index (χ0) is 23.5. The van der Waals surface area contributed by atoms with Gasteiger partial charge in [-0.05, 0) is 49.2 Å². The van der Waals surface area contributed by atoms with Crippen LogP contribution in [0, 0.1) is 6.92 Å². The summed E-state index contributed by atoms with van der Waals surface area (Å²) in [5.74, 6) is 0.294. The Balaban J connectivity index is 1.94. The van der Waals surface area contributed by atoms with Crippen molar-refractivity contribution < 1.29 is 17.9 Å². The first-order chi connectivity index (χ1) is 15.2. The Labute approximate surface area is 193 Å². The van der Waals surface area contributed by atoms with E-state index in [-0.39, 0.29) is 4.90 Å². The second-order valence-electron chi connectivity index (χ2n) is 7.50. The Morgan fingerprint density at radius 3 is 2.44 bits per heavy atom. The van der Waals surface area contributed by atoms with Gasteiger partial charge in [-0.15, -0.1) is 0 Å². The molecule has 0 aliphatic rings. The maximum absolute atomic E-state index is 12.9. The van der Waals surface area contributed by atoms with Crippen LogP contribution in [0.25, 0.3) is 10.2 Å². The van der Waals surface area contributed by atoms with Crippen molar-refractivity contribution in [3.05, 3.63) is 52.3 Å². The number of methoxy groups -OCH3 is 1. The predicted octanol–water partition coefficient (Wildman–Crippen LogP) is 4.11. The van der Waals surface area contributed by atoms with Crippen LogP contribution in [0.2, 0.25) is 0 Å². The Bertz CT molecular complexity index is 1290. The van der Waals surface area contributed by atoms with E-state index in [9.17, 15) is 13.2 Å². The van der Waals surface area contributed by atoms with Crippen LogP contribution in [0.4, 0.5) is 0 Å². The van der Waals surface area contributed by atoms with Crippen molar-refractivity contribution in [2.45, 2.75) is 38.5 Å². The lowest BCUT2D eigenvalue weighted by Crippen LogP contribution is -2.31. The van der Waals surface area contributed by atoms with E-state index in [2.05, 4.69) is 4.99 Å². The number of carbonyl (C=O) groups excluding carboxylic acids is 1. The zero-order valence-corrected chi connectivity index (χ0v) is 20.7. The van der Waals surface area contributed by atoms with E-state index in [1.807, 2.05) is 44.5 Å². The molecule has 3 aromatic rings. The van der Waals surface area contributed by atoms with Crippen molar-refractivity contribution in [3.8, 4) is 5.75 Å². The maximum Gasteiger partial charge on any atom is 0.279 e. The van der Waals surface area contributed by atoms with E-state index in [0.717, 1.165) is 34.4 Å². The fraction of sp³-hybridized carbons (Fsp3) is 0.391. The standard InChI is InChI=1S/C23H29N3O4S2/c1-6-8-15-26(7-2)32(28,29)18-12-10-17(11-13-18)22(27)24-23-25(4)20-19(30-5)14-9-16(3)21(20)31-23/h9-14H,6-8,15H2,1-5H3. The number of ether oxygens (including phenoxy) is 1. The first-order valence-corrected chi connectivity index (χ1v) is 12.8. The van der Waals surface area contributed by atoms with Gasteiger partial charge in [0.2, 0.25) is 10.0 Å². The van der Waals surface area contributed by atoms with Crippen LogP contribution < -0.4 is 9.54 Å². The predicted molar refractivity (Wildman–Crippen MR) is 128 cm³/mol. The normalized spacial score (nSPS) is 12.6. The molecule has 0 aliphatic heterocycles. The number of benzene rings is 2. The number of nitrogens with zero attached hydrogens (tertiary/aromatic N) is 3. The highest BCUT2D eigenvalue weighted by atomic mass is 32.2. The van der Waals surface area contributed by atoms with Crippen LogP contribution in [0.3, 0.4) is 0 Å². The summed E-state index contributed by atoms with van der Waals surface area (Å²) in [6, 6.07) is 9.87. The molecule has 1 amide bonds. The SMILES string of the molecule is CCCCN(CC)S(=O)(=O)c1ccc(C(=O)N=c2sc3c(C)ccc(OC)c3n2C)cc1. The third kappa shape index (κ3) is 4.65. The Kier molecular flexibility index (Phi) is 7.53. The summed E-state index contributed by atoms with van der Waals surface area (Å²) in [7, 11) is -0.128. The van der Waals surface area contributed by atoms with Crippen molar-refractivity contribution >= 4 is 37.5 Å².